The molecule has 98 valence electrons. The number of aromatic nitrogens is 4. The van der Waals surface area contributed by atoms with Gasteiger partial charge in [0.2, 0.25) is 0 Å². The van der Waals surface area contributed by atoms with Crippen LogP contribution in [0.1, 0.15) is 35.1 Å². The third-order valence-electron chi connectivity index (χ3n) is 3.60. The minimum Gasteiger partial charge on any atom is -0.323 e. The second kappa shape index (κ2) is 4.94. The molecule has 2 N–H and O–H groups in total. The molecule has 0 aliphatic rings. The lowest BCUT2D eigenvalue weighted by molar-refractivity contribution is 0.580. The number of rotatable bonds is 4. The summed E-state index contributed by atoms with van der Waals surface area (Å²) in [6, 6.07) is 2.00. The average molecular weight is 247 g/mol. The topological polar surface area (TPSA) is 61.7 Å². The largest absolute Gasteiger partial charge is 0.323 e. The Morgan fingerprint density at radius 1 is 1.28 bits per heavy atom. The molecule has 2 aromatic heterocycles. The summed E-state index contributed by atoms with van der Waals surface area (Å²) in [6.45, 7) is 4.16. The minimum absolute atomic E-state index is 0.0245. The highest BCUT2D eigenvalue weighted by molar-refractivity contribution is 5.24. The quantitative estimate of drug-likeness (QED) is 0.888. The Kier molecular flexibility index (Phi) is 3.52. The van der Waals surface area contributed by atoms with Gasteiger partial charge in [-0.25, -0.2) is 0 Å². The highest BCUT2D eigenvalue weighted by Gasteiger charge is 2.14. The fourth-order valence-electron chi connectivity index (χ4n) is 2.37. The molecule has 0 radical (unpaired) electrons. The van der Waals surface area contributed by atoms with E-state index in [2.05, 4.69) is 24.0 Å². The fourth-order valence-corrected chi connectivity index (χ4v) is 2.37. The van der Waals surface area contributed by atoms with Gasteiger partial charge in [-0.1, -0.05) is 0 Å². The van der Waals surface area contributed by atoms with Crippen LogP contribution in [0.25, 0.3) is 0 Å². The van der Waals surface area contributed by atoms with Crippen molar-refractivity contribution < 1.29 is 0 Å². The lowest BCUT2D eigenvalue weighted by Gasteiger charge is -2.12. The molecule has 0 saturated carbocycles. The summed E-state index contributed by atoms with van der Waals surface area (Å²) in [5, 5.41) is 8.58. The van der Waals surface area contributed by atoms with Gasteiger partial charge in [-0.2, -0.15) is 10.2 Å². The highest BCUT2D eigenvalue weighted by atomic mass is 15.3. The molecule has 0 aliphatic carbocycles. The molecule has 1 unspecified atom stereocenters. The van der Waals surface area contributed by atoms with Crippen molar-refractivity contribution in [2.24, 2.45) is 19.8 Å². The Balaban J connectivity index is 2.06. The Labute approximate surface area is 108 Å². The predicted octanol–water partition coefficient (Wildman–Crippen LogP) is 1.40. The van der Waals surface area contributed by atoms with Gasteiger partial charge >= 0.3 is 0 Å². The molecular weight excluding hydrogens is 226 g/mol. The van der Waals surface area contributed by atoms with E-state index < -0.39 is 0 Å². The van der Waals surface area contributed by atoms with E-state index in [0.717, 1.165) is 24.2 Å². The maximum absolute atomic E-state index is 6.21. The second-order valence-corrected chi connectivity index (χ2v) is 4.80. The summed E-state index contributed by atoms with van der Waals surface area (Å²) < 4.78 is 3.77. The minimum atomic E-state index is 0.0245. The summed E-state index contributed by atoms with van der Waals surface area (Å²) in [5.74, 6) is 0. The van der Waals surface area contributed by atoms with Crippen molar-refractivity contribution in [2.75, 3.05) is 0 Å². The predicted molar refractivity (Wildman–Crippen MR) is 71.1 cm³/mol. The first-order chi connectivity index (χ1) is 8.50. The van der Waals surface area contributed by atoms with Crippen LogP contribution in [0.15, 0.2) is 12.3 Å². The van der Waals surface area contributed by atoms with Crippen LogP contribution in [0, 0.1) is 13.8 Å². The molecule has 0 fully saturated rings. The van der Waals surface area contributed by atoms with Crippen molar-refractivity contribution in [1.29, 1.82) is 0 Å². The lowest BCUT2D eigenvalue weighted by Crippen LogP contribution is -2.15. The van der Waals surface area contributed by atoms with Crippen molar-refractivity contribution in [2.45, 2.75) is 32.7 Å². The molecule has 18 heavy (non-hydrogen) atoms. The number of nitrogens with zero attached hydrogens (tertiary/aromatic N) is 4. The summed E-state index contributed by atoms with van der Waals surface area (Å²) >= 11 is 0. The van der Waals surface area contributed by atoms with Gasteiger partial charge in [0.1, 0.15) is 0 Å². The molecule has 0 spiro atoms. The molecule has 0 amide bonds. The van der Waals surface area contributed by atoms with Gasteiger partial charge in [0.05, 0.1) is 11.4 Å². The van der Waals surface area contributed by atoms with E-state index in [1.165, 1.54) is 11.3 Å². The number of aryl methyl sites for hydroxylation is 3. The van der Waals surface area contributed by atoms with Gasteiger partial charge in [0.15, 0.2) is 0 Å². The van der Waals surface area contributed by atoms with E-state index >= 15 is 0 Å². The van der Waals surface area contributed by atoms with Crippen LogP contribution >= 0.6 is 0 Å². The van der Waals surface area contributed by atoms with E-state index in [9.17, 15) is 0 Å². The smallest absolute Gasteiger partial charge is 0.0628 e. The van der Waals surface area contributed by atoms with Gasteiger partial charge in [0, 0.05) is 32.0 Å². The molecule has 2 rings (SSSR count). The SMILES string of the molecule is Cc1nn(C)c(C)c1CCC(N)c1ccnn1C. The van der Waals surface area contributed by atoms with E-state index in [4.69, 9.17) is 5.73 Å². The first kappa shape index (κ1) is 12.8. The molecule has 2 heterocycles. The molecular formula is C13H21N5. The van der Waals surface area contributed by atoms with Crippen LogP contribution in [-0.2, 0) is 20.5 Å². The van der Waals surface area contributed by atoms with Crippen LogP contribution in [0.3, 0.4) is 0 Å². The van der Waals surface area contributed by atoms with Crippen LogP contribution < -0.4 is 5.73 Å². The van der Waals surface area contributed by atoms with Crippen molar-refractivity contribution in [3.05, 3.63) is 34.9 Å². The number of nitrogens with two attached hydrogens (primary N) is 1. The zero-order valence-corrected chi connectivity index (χ0v) is 11.5. The van der Waals surface area contributed by atoms with Gasteiger partial charge in [-0.15, -0.1) is 0 Å². The monoisotopic (exact) mass is 247 g/mol. The maximum atomic E-state index is 6.21. The van der Waals surface area contributed by atoms with Gasteiger partial charge < -0.3 is 5.73 Å². The number of hydrogen-bond donors (Lipinski definition) is 1. The maximum Gasteiger partial charge on any atom is 0.0628 e. The third-order valence-corrected chi connectivity index (χ3v) is 3.60. The van der Waals surface area contributed by atoms with E-state index in [-0.39, 0.29) is 6.04 Å². The molecule has 0 bridgehead atoms. The van der Waals surface area contributed by atoms with Gasteiger partial charge in [-0.3, -0.25) is 9.36 Å². The average Bonchev–Trinajstić information content (AvgIpc) is 2.83. The standard InChI is InChI=1S/C13H21N5/c1-9-11(10(2)17(3)16-9)5-6-12(14)13-7-8-15-18(13)4/h7-8,12H,5-6,14H2,1-4H3. The van der Waals surface area contributed by atoms with Crippen LogP contribution in [0.2, 0.25) is 0 Å². The summed E-state index contributed by atoms with van der Waals surface area (Å²) in [6.07, 6.45) is 3.65. The Bertz CT molecular complexity index is 538. The lowest BCUT2D eigenvalue weighted by atomic mass is 10.0. The molecule has 5 nitrogen and oxygen atoms in total. The molecule has 5 heteroatoms. The van der Waals surface area contributed by atoms with Crippen molar-refractivity contribution >= 4 is 0 Å². The van der Waals surface area contributed by atoms with Crippen molar-refractivity contribution in [3.63, 3.8) is 0 Å². The number of hydrogen-bond acceptors (Lipinski definition) is 3. The molecule has 1 atom stereocenters. The summed E-state index contributed by atoms with van der Waals surface area (Å²) in [5.41, 5.74) is 10.9. The molecule has 0 aromatic carbocycles. The second-order valence-electron chi connectivity index (χ2n) is 4.80. The Morgan fingerprint density at radius 2 is 2.00 bits per heavy atom. The third kappa shape index (κ3) is 2.31. The van der Waals surface area contributed by atoms with E-state index in [1.807, 2.05) is 29.5 Å². The van der Waals surface area contributed by atoms with Crippen LogP contribution in [0.4, 0.5) is 0 Å². The van der Waals surface area contributed by atoms with Crippen molar-refractivity contribution in [1.82, 2.24) is 19.6 Å². The van der Waals surface area contributed by atoms with Gasteiger partial charge in [0.25, 0.3) is 0 Å². The summed E-state index contributed by atoms with van der Waals surface area (Å²) in [4.78, 5) is 0. The zero-order chi connectivity index (χ0) is 13.3. The molecule has 2 aromatic rings. The van der Waals surface area contributed by atoms with E-state index in [1.54, 1.807) is 6.20 Å². The Morgan fingerprint density at radius 3 is 2.50 bits per heavy atom. The van der Waals surface area contributed by atoms with Crippen LogP contribution in [-0.4, -0.2) is 19.6 Å². The van der Waals surface area contributed by atoms with E-state index in [0.29, 0.717) is 0 Å². The fraction of sp³-hybridized carbons (Fsp3) is 0.538. The molecule has 0 saturated heterocycles. The van der Waals surface area contributed by atoms with Gasteiger partial charge in [-0.05, 0) is 38.3 Å². The first-order valence-corrected chi connectivity index (χ1v) is 6.23. The first-order valence-electron chi connectivity index (χ1n) is 6.23. The zero-order valence-electron chi connectivity index (χ0n) is 11.5. The Hall–Kier alpha value is -1.62. The van der Waals surface area contributed by atoms with Crippen LogP contribution in [0.5, 0.6) is 0 Å². The summed E-state index contributed by atoms with van der Waals surface area (Å²) in [7, 11) is 3.91. The highest BCUT2D eigenvalue weighted by Crippen LogP contribution is 2.19. The normalized spacial score (nSPS) is 12.9. The molecule has 0 aliphatic heterocycles. The van der Waals surface area contributed by atoms with Crippen molar-refractivity contribution in [3.8, 4) is 0 Å².